The van der Waals surface area contributed by atoms with Gasteiger partial charge in [-0.2, -0.15) is 0 Å². The molecule has 2 rings (SSSR count). The van der Waals surface area contributed by atoms with Crippen molar-refractivity contribution in [1.82, 2.24) is 5.32 Å². The van der Waals surface area contributed by atoms with Crippen molar-refractivity contribution in [2.24, 2.45) is 5.92 Å². The molecule has 0 heterocycles. The maximum absolute atomic E-state index is 12.8. The molecule has 2 amide bonds. The third-order valence-electron chi connectivity index (χ3n) is 4.55. The Hall–Kier alpha value is -2.91. The van der Waals surface area contributed by atoms with E-state index in [4.69, 9.17) is 9.84 Å². The number of aryl methyl sites for hydroxylation is 1. The number of aliphatic hydroxyl groups excluding tert-OH is 1. The molecule has 0 spiro atoms. The first-order valence-electron chi connectivity index (χ1n) is 9.86. The molecule has 0 bridgehead atoms. The Morgan fingerprint density at radius 3 is 2.35 bits per heavy atom. The van der Waals surface area contributed by atoms with E-state index in [-0.39, 0.29) is 23.2 Å². The van der Waals surface area contributed by atoms with E-state index < -0.39 is 34.3 Å². The second kappa shape index (κ2) is 10.9. The Balaban J connectivity index is 2.04. The summed E-state index contributed by atoms with van der Waals surface area (Å²) < 4.78 is 29.6. The molecule has 9 heteroatoms. The number of ether oxygens (including phenoxy) is 1. The smallest absolute Gasteiger partial charge is 0.258 e. The van der Waals surface area contributed by atoms with Crippen LogP contribution in [0.3, 0.4) is 0 Å². The van der Waals surface area contributed by atoms with E-state index >= 15 is 0 Å². The molecular formula is C22H28N2O6S. The Morgan fingerprint density at radius 2 is 1.77 bits per heavy atom. The van der Waals surface area contributed by atoms with Crippen LogP contribution in [0.2, 0.25) is 0 Å². The zero-order chi connectivity index (χ0) is 23.0. The van der Waals surface area contributed by atoms with Crippen LogP contribution in [-0.2, 0) is 19.4 Å². The number of anilines is 1. The number of amides is 2. The molecule has 0 unspecified atom stereocenters. The van der Waals surface area contributed by atoms with Gasteiger partial charge >= 0.3 is 0 Å². The summed E-state index contributed by atoms with van der Waals surface area (Å²) in [6.07, 6.45) is 0. The molecule has 0 fully saturated rings. The van der Waals surface area contributed by atoms with Crippen LogP contribution in [0, 0.1) is 12.8 Å². The lowest BCUT2D eigenvalue weighted by Gasteiger charge is -2.22. The quantitative estimate of drug-likeness (QED) is 0.511. The number of hydrogen-bond donors (Lipinski definition) is 3. The molecule has 2 aromatic carbocycles. The molecule has 3 N–H and O–H groups in total. The largest absolute Gasteiger partial charge is 0.484 e. The number of sulfone groups is 1. The van der Waals surface area contributed by atoms with E-state index in [1.54, 1.807) is 45.0 Å². The minimum absolute atomic E-state index is 0.0730. The standard InChI is InChI=1S/C22H28N2O6S/c1-15(2)21(24-20(26)14-30-17-7-5-4-6-8-17)22(27)23-19-10-9-18(13-16(19)3)31(28,29)12-11-25/h4-10,13,15,21,25H,11-12,14H2,1-3H3,(H,23,27)(H,24,26)/t21-/m1/s1. The van der Waals surface area contributed by atoms with Crippen molar-refractivity contribution >= 4 is 27.3 Å². The third kappa shape index (κ3) is 7.08. The van der Waals surface area contributed by atoms with Crippen LogP contribution in [0.5, 0.6) is 5.75 Å². The predicted octanol–water partition coefficient (Wildman–Crippen LogP) is 1.92. The van der Waals surface area contributed by atoms with Gasteiger partial charge in [-0.1, -0.05) is 32.0 Å². The van der Waals surface area contributed by atoms with Crippen LogP contribution in [0.1, 0.15) is 19.4 Å². The third-order valence-corrected chi connectivity index (χ3v) is 6.25. The summed E-state index contributed by atoms with van der Waals surface area (Å²) in [4.78, 5) is 25.1. The fraction of sp³-hybridized carbons (Fsp3) is 0.364. The predicted molar refractivity (Wildman–Crippen MR) is 118 cm³/mol. The molecule has 168 valence electrons. The van der Waals surface area contributed by atoms with Crippen LogP contribution in [-0.4, -0.2) is 50.3 Å². The number of para-hydroxylation sites is 1. The molecular weight excluding hydrogens is 420 g/mol. The first-order valence-corrected chi connectivity index (χ1v) is 11.5. The molecule has 8 nitrogen and oxygen atoms in total. The highest BCUT2D eigenvalue weighted by molar-refractivity contribution is 7.91. The second-order valence-electron chi connectivity index (χ2n) is 7.40. The Kier molecular flexibility index (Phi) is 8.58. The van der Waals surface area contributed by atoms with Gasteiger partial charge in [0.25, 0.3) is 5.91 Å². The van der Waals surface area contributed by atoms with Crippen LogP contribution in [0.15, 0.2) is 53.4 Å². The lowest BCUT2D eigenvalue weighted by atomic mass is 10.0. The van der Waals surface area contributed by atoms with Crippen molar-refractivity contribution in [3.8, 4) is 5.75 Å². The van der Waals surface area contributed by atoms with Crippen LogP contribution in [0.25, 0.3) is 0 Å². The summed E-state index contributed by atoms with van der Waals surface area (Å²) in [5, 5.41) is 14.3. The number of carbonyl (C=O) groups is 2. The lowest BCUT2D eigenvalue weighted by molar-refractivity contribution is -0.128. The van der Waals surface area contributed by atoms with Gasteiger partial charge in [0.05, 0.1) is 17.3 Å². The van der Waals surface area contributed by atoms with Gasteiger partial charge in [0.2, 0.25) is 5.91 Å². The van der Waals surface area contributed by atoms with Gasteiger partial charge in [-0.05, 0) is 48.7 Å². The molecule has 0 radical (unpaired) electrons. The Labute approximate surface area is 182 Å². The zero-order valence-electron chi connectivity index (χ0n) is 17.8. The highest BCUT2D eigenvalue weighted by atomic mass is 32.2. The highest BCUT2D eigenvalue weighted by Crippen LogP contribution is 2.21. The fourth-order valence-electron chi connectivity index (χ4n) is 2.83. The number of nitrogens with one attached hydrogen (secondary N) is 2. The van der Waals surface area contributed by atoms with Crippen molar-refractivity contribution in [1.29, 1.82) is 0 Å². The van der Waals surface area contributed by atoms with E-state index in [1.165, 1.54) is 18.2 Å². The summed E-state index contributed by atoms with van der Waals surface area (Å²) in [6, 6.07) is 12.4. The van der Waals surface area contributed by atoms with E-state index in [2.05, 4.69) is 10.6 Å². The average Bonchev–Trinajstić information content (AvgIpc) is 2.72. The van der Waals surface area contributed by atoms with Crippen molar-refractivity contribution in [3.63, 3.8) is 0 Å². The zero-order valence-corrected chi connectivity index (χ0v) is 18.6. The first-order chi connectivity index (χ1) is 14.6. The van der Waals surface area contributed by atoms with Gasteiger partial charge in [0.1, 0.15) is 11.8 Å². The number of hydrogen-bond acceptors (Lipinski definition) is 6. The van der Waals surface area contributed by atoms with Crippen molar-refractivity contribution in [3.05, 3.63) is 54.1 Å². The topological polar surface area (TPSA) is 122 Å². The molecule has 0 aliphatic carbocycles. The molecule has 1 atom stereocenters. The molecule has 0 aliphatic rings. The Morgan fingerprint density at radius 1 is 1.10 bits per heavy atom. The van der Waals surface area contributed by atoms with Crippen LogP contribution in [0.4, 0.5) is 5.69 Å². The van der Waals surface area contributed by atoms with E-state index in [9.17, 15) is 18.0 Å². The molecule has 31 heavy (non-hydrogen) atoms. The molecule has 0 aromatic heterocycles. The monoisotopic (exact) mass is 448 g/mol. The summed E-state index contributed by atoms with van der Waals surface area (Å²) in [5.41, 5.74) is 0.988. The van der Waals surface area contributed by atoms with Crippen LogP contribution >= 0.6 is 0 Å². The number of aliphatic hydroxyl groups is 1. The van der Waals surface area contributed by atoms with Gasteiger partial charge in [0, 0.05) is 5.69 Å². The van der Waals surface area contributed by atoms with Crippen molar-refractivity contribution in [2.45, 2.75) is 31.7 Å². The molecule has 0 saturated heterocycles. The second-order valence-corrected chi connectivity index (χ2v) is 9.51. The van der Waals surface area contributed by atoms with E-state index in [0.29, 0.717) is 17.0 Å². The van der Waals surface area contributed by atoms with Crippen molar-refractivity contribution < 1.29 is 27.9 Å². The van der Waals surface area contributed by atoms with Gasteiger partial charge in [-0.3, -0.25) is 9.59 Å². The SMILES string of the molecule is Cc1cc(S(=O)(=O)CCO)ccc1NC(=O)[C@H](NC(=O)COc1ccccc1)C(C)C. The minimum atomic E-state index is -3.59. The van der Waals surface area contributed by atoms with Gasteiger partial charge < -0.3 is 20.5 Å². The first kappa shape index (κ1) is 24.4. The van der Waals surface area contributed by atoms with Crippen molar-refractivity contribution in [2.75, 3.05) is 24.3 Å². The molecule has 2 aromatic rings. The van der Waals surface area contributed by atoms with E-state index in [1.807, 2.05) is 6.07 Å². The van der Waals surface area contributed by atoms with E-state index in [0.717, 1.165) is 0 Å². The Bertz CT molecular complexity index is 1010. The minimum Gasteiger partial charge on any atom is -0.484 e. The lowest BCUT2D eigenvalue weighted by Crippen LogP contribution is -2.48. The average molecular weight is 449 g/mol. The number of benzene rings is 2. The summed E-state index contributed by atoms with van der Waals surface area (Å²) in [6.45, 7) is 4.59. The number of rotatable bonds is 10. The number of carbonyl (C=O) groups excluding carboxylic acids is 2. The summed E-state index contributed by atoms with van der Waals surface area (Å²) >= 11 is 0. The van der Waals surface area contributed by atoms with Gasteiger partial charge in [0.15, 0.2) is 16.4 Å². The molecule has 0 saturated carbocycles. The summed E-state index contributed by atoms with van der Waals surface area (Å²) in [7, 11) is -3.59. The molecule has 0 aliphatic heterocycles. The van der Waals surface area contributed by atoms with Gasteiger partial charge in [-0.15, -0.1) is 0 Å². The highest BCUT2D eigenvalue weighted by Gasteiger charge is 2.25. The maximum Gasteiger partial charge on any atom is 0.258 e. The van der Waals surface area contributed by atoms with Crippen LogP contribution < -0.4 is 15.4 Å². The van der Waals surface area contributed by atoms with Gasteiger partial charge in [-0.25, -0.2) is 8.42 Å². The fourth-order valence-corrected chi connectivity index (χ4v) is 3.94. The normalized spacial score (nSPS) is 12.3. The summed E-state index contributed by atoms with van der Waals surface area (Å²) in [5.74, 6) is -0.859. The maximum atomic E-state index is 12.8.